The number of nitrogens with zero attached hydrogens (tertiary/aromatic N) is 6. The summed E-state index contributed by atoms with van der Waals surface area (Å²) in [5.41, 5.74) is 8.63. The minimum atomic E-state index is 0.120. The van der Waals surface area contributed by atoms with E-state index in [1.165, 1.54) is 61.0 Å². The first-order chi connectivity index (χ1) is 25.6. The second kappa shape index (κ2) is 17.3. The summed E-state index contributed by atoms with van der Waals surface area (Å²) >= 11 is 0. The number of imidazole rings is 2. The Morgan fingerprint density at radius 1 is 0.500 bits per heavy atom. The lowest BCUT2D eigenvalue weighted by atomic mass is 10.1. The van der Waals surface area contributed by atoms with Gasteiger partial charge in [0.15, 0.2) is 0 Å². The smallest absolute Gasteiger partial charge is 0.232 e. The molecule has 8 heteroatoms. The lowest BCUT2D eigenvalue weighted by Crippen LogP contribution is -2.29. The van der Waals surface area contributed by atoms with Gasteiger partial charge in [0.05, 0.1) is 22.1 Å². The van der Waals surface area contributed by atoms with Gasteiger partial charge in [-0.2, -0.15) is 0 Å². The molecule has 0 unspecified atom stereocenters. The van der Waals surface area contributed by atoms with Gasteiger partial charge in [-0.15, -0.1) is 0 Å². The summed E-state index contributed by atoms with van der Waals surface area (Å²) in [5, 5.41) is 0. The van der Waals surface area contributed by atoms with Gasteiger partial charge in [0.2, 0.25) is 11.8 Å². The van der Waals surface area contributed by atoms with E-state index in [1.807, 2.05) is 48.5 Å². The van der Waals surface area contributed by atoms with Gasteiger partial charge in [0.1, 0.15) is 12.7 Å². The van der Waals surface area contributed by atoms with Crippen molar-refractivity contribution in [3.8, 4) is 0 Å². The number of fused-ring (bicyclic) bond motifs is 2. The van der Waals surface area contributed by atoms with Gasteiger partial charge in [-0.3, -0.25) is 18.7 Å². The summed E-state index contributed by atoms with van der Waals surface area (Å²) in [6.07, 6.45) is 15.6. The summed E-state index contributed by atoms with van der Waals surface area (Å²) in [6, 6.07) is 33.2. The molecule has 8 nitrogen and oxygen atoms in total. The number of rotatable bonds is 10. The second-order valence-corrected chi connectivity index (χ2v) is 14.1. The van der Waals surface area contributed by atoms with Crippen molar-refractivity contribution in [2.45, 2.75) is 77.0 Å². The molecular weight excluding hydrogens is 645 g/mol. The van der Waals surface area contributed by atoms with Crippen molar-refractivity contribution in [2.75, 3.05) is 36.0 Å². The van der Waals surface area contributed by atoms with Crippen molar-refractivity contribution in [3.05, 3.63) is 121 Å². The first-order valence-corrected chi connectivity index (χ1v) is 19.2. The van der Waals surface area contributed by atoms with E-state index in [1.54, 1.807) is 21.8 Å². The summed E-state index contributed by atoms with van der Waals surface area (Å²) < 4.78 is 3.44. The minimum Gasteiger partial charge on any atom is -0.371 e. The van der Waals surface area contributed by atoms with Crippen LogP contribution in [0.15, 0.2) is 110 Å². The van der Waals surface area contributed by atoms with Gasteiger partial charge in [0, 0.05) is 50.4 Å². The third-order valence-corrected chi connectivity index (χ3v) is 10.4. The van der Waals surface area contributed by atoms with Crippen LogP contribution < -0.4 is 9.80 Å². The average Bonchev–Trinajstić information content (AvgIpc) is 3.84. The molecule has 0 bridgehead atoms. The molecule has 2 aliphatic rings. The molecule has 0 spiro atoms. The molecule has 268 valence electrons. The van der Waals surface area contributed by atoms with Crippen molar-refractivity contribution in [2.24, 2.45) is 0 Å². The number of piperidine rings is 2. The third kappa shape index (κ3) is 8.79. The quantitative estimate of drug-likeness (QED) is 0.142. The molecule has 4 aromatic carbocycles. The van der Waals surface area contributed by atoms with Crippen molar-refractivity contribution in [3.63, 3.8) is 0 Å². The predicted octanol–water partition coefficient (Wildman–Crippen LogP) is 9.38. The fourth-order valence-corrected chi connectivity index (χ4v) is 7.51. The van der Waals surface area contributed by atoms with Gasteiger partial charge >= 0.3 is 0 Å². The zero-order valence-corrected chi connectivity index (χ0v) is 30.2. The zero-order chi connectivity index (χ0) is 35.5. The van der Waals surface area contributed by atoms with Crippen LogP contribution in [0.4, 0.5) is 11.4 Å². The van der Waals surface area contributed by atoms with Gasteiger partial charge in [0.25, 0.3) is 0 Å². The Morgan fingerprint density at radius 2 is 0.981 bits per heavy atom. The number of aryl methyl sites for hydroxylation is 2. The van der Waals surface area contributed by atoms with E-state index < -0.39 is 0 Å². The number of aromatic nitrogens is 4. The number of hydrogen-bond acceptors (Lipinski definition) is 6. The number of benzene rings is 4. The summed E-state index contributed by atoms with van der Waals surface area (Å²) in [4.78, 5) is 39.0. The monoisotopic (exact) mass is 694 g/mol. The van der Waals surface area contributed by atoms with E-state index >= 15 is 0 Å². The molecule has 8 rings (SSSR count). The van der Waals surface area contributed by atoms with Crippen LogP contribution in [0.2, 0.25) is 0 Å². The second-order valence-electron chi connectivity index (χ2n) is 14.1. The molecule has 4 heterocycles. The zero-order valence-electron chi connectivity index (χ0n) is 30.2. The van der Waals surface area contributed by atoms with Crippen molar-refractivity contribution in [1.82, 2.24) is 19.1 Å². The Morgan fingerprint density at radius 3 is 1.54 bits per heavy atom. The summed E-state index contributed by atoms with van der Waals surface area (Å²) in [6.45, 7) is 4.44. The maximum atomic E-state index is 12.7. The molecular formula is C44H50N6O2. The Labute approximate surface area is 307 Å². The molecule has 2 saturated heterocycles. The lowest BCUT2D eigenvalue weighted by Gasteiger charge is -2.28. The molecule has 2 aromatic heterocycles. The summed E-state index contributed by atoms with van der Waals surface area (Å²) in [5.74, 6) is 0.244. The largest absolute Gasteiger partial charge is 0.371 e. The molecule has 0 aliphatic carbocycles. The van der Waals surface area contributed by atoms with Crippen LogP contribution in [0.3, 0.4) is 0 Å². The normalized spacial score (nSPS) is 14.7. The number of carbonyl (C=O) groups excluding carboxylic acids is 2. The van der Waals surface area contributed by atoms with E-state index in [-0.39, 0.29) is 11.8 Å². The minimum absolute atomic E-state index is 0.120. The van der Waals surface area contributed by atoms with Crippen LogP contribution in [0.25, 0.3) is 22.1 Å². The lowest BCUT2D eigenvalue weighted by molar-refractivity contribution is 0.0896. The highest BCUT2D eigenvalue weighted by Gasteiger charge is 2.16. The van der Waals surface area contributed by atoms with E-state index in [4.69, 9.17) is 0 Å². The Hall–Kier alpha value is -5.24. The Bertz CT molecular complexity index is 2060. The van der Waals surface area contributed by atoms with E-state index in [0.29, 0.717) is 12.8 Å². The molecule has 2 aliphatic heterocycles. The third-order valence-electron chi connectivity index (χ3n) is 10.4. The van der Waals surface area contributed by atoms with Crippen LogP contribution in [-0.4, -0.2) is 57.1 Å². The number of hydrogen-bond donors (Lipinski definition) is 0. The van der Waals surface area contributed by atoms with E-state index in [0.717, 1.165) is 73.9 Å². The van der Waals surface area contributed by atoms with Crippen LogP contribution in [0.5, 0.6) is 0 Å². The van der Waals surface area contributed by atoms with E-state index in [9.17, 15) is 9.59 Å². The van der Waals surface area contributed by atoms with Crippen LogP contribution in [-0.2, 0) is 12.8 Å². The molecule has 52 heavy (non-hydrogen) atoms. The number of carbonyl (C=O) groups is 2. The topological polar surface area (TPSA) is 76.3 Å². The maximum absolute atomic E-state index is 12.7. The van der Waals surface area contributed by atoms with Crippen LogP contribution in [0.1, 0.15) is 84.9 Å². The van der Waals surface area contributed by atoms with Gasteiger partial charge in [-0.25, -0.2) is 9.97 Å². The molecule has 0 atom stereocenters. The van der Waals surface area contributed by atoms with Crippen molar-refractivity contribution < 1.29 is 9.59 Å². The molecule has 0 saturated carbocycles. The molecule has 2 fully saturated rings. The SMILES string of the molecule is O=C(CCCc1ccccc1)n1cnc2cc(N3CCCCC3)ccc21.O=C(CCCc1ccccc1)n1cnc2ccc(N3CCCCC3)cc21. The standard InChI is InChI=1S/2C22H25N3O/c26-22(11-7-10-18-8-3-1-4-9-18)25-17-23-20-16-19(12-13-21(20)25)24-14-5-2-6-15-24;26-22(11-7-10-18-8-3-1-4-9-18)25-17-23-20-13-12-19(16-21(20)25)24-14-5-2-6-15-24/h2*1,3-4,8-9,12-13,16-17H,2,5-7,10-11,14-15H2. The van der Waals surface area contributed by atoms with Crippen LogP contribution in [0, 0.1) is 0 Å². The fraction of sp³-hybridized carbons (Fsp3) is 0.364. The number of anilines is 2. The Balaban J connectivity index is 0.000000162. The molecule has 0 radical (unpaired) electrons. The highest BCUT2D eigenvalue weighted by atomic mass is 16.2. The molecule has 6 aromatic rings. The van der Waals surface area contributed by atoms with Crippen molar-refractivity contribution >= 4 is 45.3 Å². The van der Waals surface area contributed by atoms with Gasteiger partial charge in [-0.05, 0) is 112 Å². The average molecular weight is 695 g/mol. The van der Waals surface area contributed by atoms with Crippen LogP contribution >= 0.6 is 0 Å². The maximum Gasteiger partial charge on any atom is 0.232 e. The van der Waals surface area contributed by atoms with Gasteiger partial charge in [-0.1, -0.05) is 60.7 Å². The highest BCUT2D eigenvalue weighted by molar-refractivity contribution is 5.92. The first-order valence-electron chi connectivity index (χ1n) is 19.2. The Kier molecular flexibility index (Phi) is 11.7. The van der Waals surface area contributed by atoms with E-state index in [2.05, 4.69) is 68.3 Å². The van der Waals surface area contributed by atoms with Crippen molar-refractivity contribution in [1.29, 1.82) is 0 Å². The molecule has 0 N–H and O–H groups in total. The van der Waals surface area contributed by atoms with Gasteiger partial charge < -0.3 is 9.80 Å². The fourth-order valence-electron chi connectivity index (χ4n) is 7.51. The summed E-state index contributed by atoms with van der Waals surface area (Å²) in [7, 11) is 0. The molecule has 0 amide bonds. The first kappa shape index (κ1) is 35.2. The highest BCUT2D eigenvalue weighted by Crippen LogP contribution is 2.26. The predicted molar refractivity (Wildman–Crippen MR) is 212 cm³/mol.